The minimum absolute atomic E-state index is 0.220. The van der Waals surface area contributed by atoms with Crippen LogP contribution in [-0.4, -0.2) is 11.4 Å². The van der Waals surface area contributed by atoms with Crippen LogP contribution in [0.15, 0.2) is 0 Å². The molecule has 4 heavy (non-hydrogen) atoms. The van der Waals surface area contributed by atoms with E-state index < -0.39 is 0 Å². The van der Waals surface area contributed by atoms with Gasteiger partial charge in [-0.15, -0.1) is 9.24 Å². The monoisotopic (exact) mass is 183 g/mol. The summed E-state index contributed by atoms with van der Waals surface area (Å²) in [6, 6.07) is 0. The van der Waals surface area contributed by atoms with Crippen LogP contribution < -0.4 is 0 Å². The predicted molar refractivity (Wildman–Crippen MR) is 33.3 cm³/mol. The van der Waals surface area contributed by atoms with E-state index in [0.29, 0.717) is 0 Å². The van der Waals surface area contributed by atoms with Gasteiger partial charge < -0.3 is 0 Å². The Morgan fingerprint density at radius 1 is 2.00 bits per heavy atom. The van der Waals surface area contributed by atoms with E-state index in [1.165, 1.54) is 0 Å². The van der Waals surface area contributed by atoms with E-state index in [9.17, 15) is 0 Å². The zero-order chi connectivity index (χ0) is 3.58. The molecule has 0 N–H and O–H groups in total. The van der Waals surface area contributed by atoms with E-state index in [-0.39, 0.29) is 3.57 Å². The van der Waals surface area contributed by atoms with Gasteiger partial charge >= 0.3 is 0 Å². The lowest BCUT2D eigenvalue weighted by Gasteiger charge is -1.76. The van der Waals surface area contributed by atoms with Gasteiger partial charge in [0.05, 0.1) is 7.85 Å². The molecule has 0 rings (SSSR count). The highest BCUT2D eigenvalue weighted by molar-refractivity contribution is 14.1. The van der Waals surface area contributed by atoms with Gasteiger partial charge in [-0.2, -0.15) is 0 Å². The topological polar surface area (TPSA) is 0 Å². The second kappa shape index (κ2) is 2.46. The molecular weight excluding hydrogens is 180 g/mol. The third kappa shape index (κ3) is 10.6. The highest BCUT2D eigenvalue weighted by Crippen LogP contribution is 2.00. The van der Waals surface area contributed by atoms with Crippen molar-refractivity contribution in [3.8, 4) is 0 Å². The number of hydrogen-bond acceptors (Lipinski definition) is 0. The quantitative estimate of drug-likeness (QED) is 0.225. The molecule has 22 valence electrons. The summed E-state index contributed by atoms with van der Waals surface area (Å²) in [5.74, 6) is 0. The standard InChI is InChI=1S/CH3BIP/c2-1(3)4/h1H,4H2/i1-1. The van der Waals surface area contributed by atoms with Crippen LogP contribution in [0.2, 0.25) is 0 Å². The Hall–Kier alpha value is 1.22. The summed E-state index contributed by atoms with van der Waals surface area (Å²) in [5, 5.41) is 0. The molecule has 0 aliphatic heterocycles. The number of hydrogen-bond donors (Lipinski definition) is 0. The fraction of sp³-hybridized carbons (Fsp3) is 1.00. The molecule has 0 nitrogen and oxygen atoms in total. The van der Waals surface area contributed by atoms with Crippen LogP contribution in [0.1, 0.15) is 0 Å². The molecule has 2 radical (unpaired) electrons. The summed E-state index contributed by atoms with van der Waals surface area (Å²) >= 11 is 2.08. The SMILES string of the molecule is [B][11CH](P)I. The van der Waals surface area contributed by atoms with Crippen molar-refractivity contribution < 1.29 is 0 Å². The van der Waals surface area contributed by atoms with Crippen molar-refractivity contribution in [3.05, 3.63) is 0 Å². The van der Waals surface area contributed by atoms with Gasteiger partial charge in [0, 0.05) is 0 Å². The first-order chi connectivity index (χ1) is 1.73. The molecule has 0 amide bonds. The fourth-order valence-corrected chi connectivity index (χ4v) is 0. The average molecular weight is 183 g/mol. The third-order valence-electron chi connectivity index (χ3n) is 0. The maximum Gasteiger partial charge on any atom is 0.0900 e. The molecule has 2 unspecified atom stereocenters. The average Bonchev–Trinajstić information content (AvgIpc) is 0.811. The first-order valence-electron chi connectivity index (χ1n) is 0.885. The van der Waals surface area contributed by atoms with E-state index in [1.54, 1.807) is 0 Å². The van der Waals surface area contributed by atoms with Gasteiger partial charge in [0.25, 0.3) is 0 Å². The molecule has 2 atom stereocenters. The minimum atomic E-state index is 0.220. The molecule has 0 aromatic heterocycles. The Labute approximate surface area is 43.5 Å². The normalized spacial score (nSPS) is 15.5. The molecule has 0 aromatic rings. The Morgan fingerprint density at radius 3 is 2.00 bits per heavy atom. The Bertz CT molecular complexity index is 12.8. The van der Waals surface area contributed by atoms with Crippen LogP contribution in [-0.2, 0) is 0 Å². The Balaban J connectivity index is 2.32. The van der Waals surface area contributed by atoms with Crippen LogP contribution >= 0.6 is 31.8 Å². The first-order valence-corrected chi connectivity index (χ1v) is 2.80. The Morgan fingerprint density at radius 2 is 2.00 bits per heavy atom. The van der Waals surface area contributed by atoms with Crippen molar-refractivity contribution >= 4 is 39.7 Å². The number of halogens is 1. The van der Waals surface area contributed by atoms with E-state index >= 15 is 0 Å². The highest BCUT2D eigenvalue weighted by Gasteiger charge is 1.71. The first kappa shape index (κ1) is 5.22. The molecule has 0 bridgehead atoms. The second-order valence-corrected chi connectivity index (χ2v) is 3.96. The van der Waals surface area contributed by atoms with Gasteiger partial charge in [-0.25, -0.2) is 0 Å². The Kier molecular flexibility index (Phi) is 3.22. The molecule has 0 fully saturated rings. The van der Waals surface area contributed by atoms with Gasteiger partial charge in [0.15, 0.2) is 0 Å². The maximum atomic E-state index is 5.06. The second-order valence-electron chi connectivity index (χ2n) is 0.444. The van der Waals surface area contributed by atoms with Gasteiger partial charge in [-0.05, 0) is 3.57 Å². The number of alkyl halides is 1. The lowest BCUT2D eigenvalue weighted by molar-refractivity contribution is 2.16. The summed E-state index contributed by atoms with van der Waals surface area (Å²) in [5.41, 5.74) is 0. The van der Waals surface area contributed by atoms with Crippen molar-refractivity contribution in [2.75, 3.05) is 0 Å². The lowest BCUT2D eigenvalue weighted by atomic mass is 9.88. The molecule has 0 spiro atoms. The highest BCUT2D eigenvalue weighted by atomic mass is 127. The molecule has 0 saturated heterocycles. The van der Waals surface area contributed by atoms with Gasteiger partial charge in [0.1, 0.15) is 0 Å². The van der Waals surface area contributed by atoms with Crippen LogP contribution in [0.5, 0.6) is 0 Å². The molecule has 3 heteroatoms. The van der Waals surface area contributed by atoms with Gasteiger partial charge in [-0.3, -0.25) is 0 Å². The molecule has 0 aliphatic carbocycles. The smallest absolute Gasteiger partial charge is 0.0900 e. The molecule has 0 aromatic carbocycles. The maximum absolute atomic E-state index is 5.06. The molecule has 0 aliphatic rings. The van der Waals surface area contributed by atoms with Crippen molar-refractivity contribution in [2.24, 2.45) is 0 Å². The number of rotatable bonds is 0. The molecule has 0 saturated carbocycles. The van der Waals surface area contributed by atoms with Crippen molar-refractivity contribution in [1.29, 1.82) is 0 Å². The van der Waals surface area contributed by atoms with E-state index in [0.717, 1.165) is 0 Å². The van der Waals surface area contributed by atoms with E-state index in [4.69, 9.17) is 7.85 Å². The van der Waals surface area contributed by atoms with Gasteiger partial charge in [0.2, 0.25) is 0 Å². The zero-order valence-electron chi connectivity index (χ0n) is 2.11. The van der Waals surface area contributed by atoms with Crippen LogP contribution in [0.25, 0.3) is 0 Å². The van der Waals surface area contributed by atoms with Crippen molar-refractivity contribution in [2.45, 2.75) is 3.57 Å². The summed E-state index contributed by atoms with van der Waals surface area (Å²) in [6.07, 6.45) is 0. The molecule has 0 heterocycles. The van der Waals surface area contributed by atoms with Gasteiger partial charge in [-0.1, -0.05) is 22.6 Å². The predicted octanol–water partition coefficient (Wildman–Crippen LogP) is 0.749. The van der Waals surface area contributed by atoms with Crippen LogP contribution in [0.4, 0.5) is 0 Å². The van der Waals surface area contributed by atoms with Crippen molar-refractivity contribution in [3.63, 3.8) is 0 Å². The third-order valence-corrected chi connectivity index (χ3v) is 0. The lowest BCUT2D eigenvalue weighted by Crippen LogP contribution is -1.72. The molecular formula is CH3BIP. The van der Waals surface area contributed by atoms with E-state index in [1.807, 2.05) is 0 Å². The summed E-state index contributed by atoms with van der Waals surface area (Å²) < 4.78 is 0.220. The van der Waals surface area contributed by atoms with Crippen molar-refractivity contribution in [1.82, 2.24) is 0 Å². The minimum Gasteiger partial charge on any atom is -0.134 e. The summed E-state index contributed by atoms with van der Waals surface area (Å²) in [7, 11) is 7.48. The largest absolute Gasteiger partial charge is 0.134 e. The zero-order valence-corrected chi connectivity index (χ0v) is 5.42. The summed E-state index contributed by atoms with van der Waals surface area (Å²) in [4.78, 5) is 0. The van der Waals surface area contributed by atoms with E-state index in [2.05, 4.69) is 31.8 Å². The van der Waals surface area contributed by atoms with Crippen LogP contribution in [0.3, 0.4) is 0 Å². The summed E-state index contributed by atoms with van der Waals surface area (Å²) in [6.45, 7) is 0. The van der Waals surface area contributed by atoms with Crippen LogP contribution in [0, 0.1) is 0 Å². The fourth-order valence-electron chi connectivity index (χ4n) is 0.